The molecule has 0 aliphatic carbocycles. The number of carbonyl (C=O) groups excluding carboxylic acids is 1. The topological polar surface area (TPSA) is 51.2 Å². The van der Waals surface area contributed by atoms with Gasteiger partial charge in [0, 0.05) is 24.4 Å². The van der Waals surface area contributed by atoms with Crippen molar-refractivity contribution in [1.29, 1.82) is 0 Å². The molecule has 4 nitrogen and oxygen atoms in total. The molecule has 0 saturated heterocycles. The highest BCUT2D eigenvalue weighted by Crippen LogP contribution is 2.30. The molecular formula is C17H17F3N2O2. The van der Waals surface area contributed by atoms with E-state index in [9.17, 15) is 18.0 Å². The Bertz CT molecular complexity index is 680. The van der Waals surface area contributed by atoms with Crippen molar-refractivity contribution in [2.75, 3.05) is 6.54 Å². The molecule has 0 spiro atoms. The molecule has 0 radical (unpaired) electrons. The van der Waals surface area contributed by atoms with Gasteiger partial charge in [0.15, 0.2) is 0 Å². The zero-order valence-electron chi connectivity index (χ0n) is 13.2. The third kappa shape index (κ3) is 4.97. The van der Waals surface area contributed by atoms with E-state index in [1.165, 1.54) is 0 Å². The maximum absolute atomic E-state index is 12.5. The summed E-state index contributed by atoms with van der Waals surface area (Å²) in [5.74, 6) is 0.577. The van der Waals surface area contributed by atoms with Crippen LogP contribution >= 0.6 is 0 Å². The zero-order valence-corrected chi connectivity index (χ0v) is 13.2. The van der Waals surface area contributed by atoms with Gasteiger partial charge in [-0.05, 0) is 36.2 Å². The molecule has 0 unspecified atom stereocenters. The van der Waals surface area contributed by atoms with Gasteiger partial charge in [0.2, 0.25) is 5.88 Å². The van der Waals surface area contributed by atoms with Gasteiger partial charge >= 0.3 is 6.18 Å². The number of nitrogens with one attached hydrogen (secondary N) is 1. The van der Waals surface area contributed by atoms with E-state index in [2.05, 4.69) is 10.3 Å². The summed E-state index contributed by atoms with van der Waals surface area (Å²) in [5.41, 5.74) is -0.365. The van der Waals surface area contributed by atoms with Gasteiger partial charge in [0.25, 0.3) is 5.91 Å². The molecule has 0 saturated carbocycles. The molecule has 1 heterocycles. The average molecular weight is 338 g/mol. The van der Waals surface area contributed by atoms with Crippen molar-refractivity contribution in [3.8, 4) is 11.6 Å². The van der Waals surface area contributed by atoms with E-state index in [-0.39, 0.29) is 11.8 Å². The first-order valence-electron chi connectivity index (χ1n) is 7.35. The Balaban J connectivity index is 2.00. The third-order valence-electron chi connectivity index (χ3n) is 3.07. The molecule has 1 aromatic carbocycles. The fraction of sp³-hybridized carbons (Fsp3) is 0.294. The number of pyridine rings is 1. The zero-order chi connectivity index (χ0) is 17.7. The number of halogens is 3. The lowest BCUT2D eigenvalue weighted by molar-refractivity contribution is -0.137. The van der Waals surface area contributed by atoms with Crippen molar-refractivity contribution in [1.82, 2.24) is 10.3 Å². The fourth-order valence-corrected chi connectivity index (χ4v) is 1.80. The second-order valence-corrected chi connectivity index (χ2v) is 5.61. The number of hydrogen-bond acceptors (Lipinski definition) is 3. The van der Waals surface area contributed by atoms with Crippen LogP contribution in [-0.2, 0) is 6.18 Å². The summed E-state index contributed by atoms with van der Waals surface area (Å²) in [7, 11) is 0. The number of ether oxygens (including phenoxy) is 1. The van der Waals surface area contributed by atoms with Gasteiger partial charge < -0.3 is 10.1 Å². The Morgan fingerprint density at radius 1 is 1.17 bits per heavy atom. The lowest BCUT2D eigenvalue weighted by atomic mass is 10.2. The van der Waals surface area contributed by atoms with Crippen LogP contribution < -0.4 is 10.1 Å². The predicted molar refractivity (Wildman–Crippen MR) is 82.9 cm³/mol. The summed E-state index contributed by atoms with van der Waals surface area (Å²) in [4.78, 5) is 15.5. The molecule has 0 fully saturated rings. The van der Waals surface area contributed by atoms with Gasteiger partial charge in [-0.25, -0.2) is 4.98 Å². The van der Waals surface area contributed by atoms with Gasteiger partial charge in [-0.3, -0.25) is 4.79 Å². The Hall–Kier alpha value is -2.57. The number of aromatic nitrogens is 1. The first-order chi connectivity index (χ1) is 11.3. The summed E-state index contributed by atoms with van der Waals surface area (Å²) in [6.45, 7) is 4.56. The molecule has 1 aromatic heterocycles. The van der Waals surface area contributed by atoms with Crippen molar-refractivity contribution >= 4 is 5.91 Å². The average Bonchev–Trinajstić information content (AvgIpc) is 2.53. The van der Waals surface area contributed by atoms with Crippen molar-refractivity contribution in [2.45, 2.75) is 20.0 Å². The number of hydrogen-bond donors (Lipinski definition) is 1. The highest BCUT2D eigenvalue weighted by atomic mass is 19.4. The van der Waals surface area contributed by atoms with E-state index in [1.807, 2.05) is 13.8 Å². The van der Waals surface area contributed by atoms with E-state index < -0.39 is 11.7 Å². The van der Waals surface area contributed by atoms with E-state index >= 15 is 0 Å². The van der Waals surface area contributed by atoms with Crippen molar-refractivity contribution in [3.63, 3.8) is 0 Å². The minimum Gasteiger partial charge on any atom is -0.439 e. The van der Waals surface area contributed by atoms with E-state index in [4.69, 9.17) is 4.74 Å². The van der Waals surface area contributed by atoms with Gasteiger partial charge in [-0.2, -0.15) is 13.2 Å². The highest BCUT2D eigenvalue weighted by molar-refractivity contribution is 5.94. The molecule has 1 N–H and O–H groups in total. The number of carbonyl (C=O) groups is 1. The minimum absolute atomic E-state index is 0.0417. The van der Waals surface area contributed by atoms with E-state index in [0.717, 1.165) is 12.1 Å². The van der Waals surface area contributed by atoms with Crippen LogP contribution in [0.5, 0.6) is 11.6 Å². The maximum atomic E-state index is 12.5. The molecule has 0 atom stereocenters. The van der Waals surface area contributed by atoms with Crippen molar-refractivity contribution < 1.29 is 22.7 Å². The number of nitrogens with zero attached hydrogens (tertiary/aromatic N) is 1. The second-order valence-electron chi connectivity index (χ2n) is 5.61. The molecule has 7 heteroatoms. The van der Waals surface area contributed by atoms with Crippen LogP contribution in [0.3, 0.4) is 0 Å². The molecule has 2 aromatic rings. The summed E-state index contributed by atoms with van der Waals surface area (Å²) < 4.78 is 42.8. The highest BCUT2D eigenvalue weighted by Gasteiger charge is 2.30. The Kier molecular flexibility index (Phi) is 5.43. The molecular weight excluding hydrogens is 321 g/mol. The van der Waals surface area contributed by atoms with E-state index in [0.29, 0.717) is 30.0 Å². The summed E-state index contributed by atoms with van der Waals surface area (Å²) in [5, 5.41) is 2.79. The van der Waals surface area contributed by atoms with Gasteiger partial charge in [0.05, 0.1) is 5.56 Å². The van der Waals surface area contributed by atoms with Crippen LogP contribution in [-0.4, -0.2) is 17.4 Å². The molecule has 24 heavy (non-hydrogen) atoms. The number of rotatable bonds is 5. The molecule has 128 valence electrons. The number of benzene rings is 1. The maximum Gasteiger partial charge on any atom is 0.417 e. The monoisotopic (exact) mass is 338 g/mol. The normalized spacial score (nSPS) is 11.4. The Morgan fingerprint density at radius 2 is 1.83 bits per heavy atom. The van der Waals surface area contributed by atoms with Crippen LogP contribution in [0.25, 0.3) is 0 Å². The summed E-state index contributed by atoms with van der Waals surface area (Å²) in [6.07, 6.45) is -3.72. The Labute approximate surface area is 137 Å². The lowest BCUT2D eigenvalue weighted by Gasteiger charge is -2.09. The van der Waals surface area contributed by atoms with Gasteiger partial charge in [-0.15, -0.1) is 0 Å². The summed E-state index contributed by atoms with van der Waals surface area (Å²) in [6, 6.07) is 8.32. The quantitative estimate of drug-likeness (QED) is 0.885. The Morgan fingerprint density at radius 3 is 2.33 bits per heavy atom. The smallest absolute Gasteiger partial charge is 0.417 e. The minimum atomic E-state index is -4.43. The van der Waals surface area contributed by atoms with Crippen LogP contribution in [0.4, 0.5) is 13.2 Å². The predicted octanol–water partition coefficient (Wildman–Crippen LogP) is 4.28. The number of amides is 1. The standard InChI is InChI=1S/C17H17F3N2O2/c1-11(2)9-22-16(23)12-3-6-14(7-4-12)24-15-8-5-13(10-21-15)17(18,19)20/h3-8,10-11H,9H2,1-2H3,(H,22,23). The van der Waals surface area contributed by atoms with Crippen LogP contribution in [0, 0.1) is 5.92 Å². The first kappa shape index (κ1) is 17.8. The van der Waals surface area contributed by atoms with Crippen LogP contribution in [0.1, 0.15) is 29.8 Å². The summed E-state index contributed by atoms with van der Waals surface area (Å²) >= 11 is 0. The lowest BCUT2D eigenvalue weighted by Crippen LogP contribution is -2.27. The molecule has 0 aliphatic heterocycles. The van der Waals surface area contributed by atoms with Crippen molar-refractivity contribution in [2.24, 2.45) is 5.92 Å². The van der Waals surface area contributed by atoms with E-state index in [1.54, 1.807) is 24.3 Å². The van der Waals surface area contributed by atoms with Gasteiger partial charge in [-0.1, -0.05) is 13.8 Å². The number of alkyl halides is 3. The van der Waals surface area contributed by atoms with Crippen LogP contribution in [0.15, 0.2) is 42.6 Å². The SMILES string of the molecule is CC(C)CNC(=O)c1ccc(Oc2ccc(C(F)(F)F)cn2)cc1. The molecule has 2 rings (SSSR count). The largest absolute Gasteiger partial charge is 0.439 e. The van der Waals surface area contributed by atoms with Crippen LogP contribution in [0.2, 0.25) is 0 Å². The van der Waals surface area contributed by atoms with Gasteiger partial charge in [0.1, 0.15) is 5.75 Å². The molecule has 1 amide bonds. The molecule has 0 aliphatic rings. The fourth-order valence-electron chi connectivity index (χ4n) is 1.80. The molecule has 0 bridgehead atoms. The third-order valence-corrected chi connectivity index (χ3v) is 3.07. The first-order valence-corrected chi connectivity index (χ1v) is 7.35. The van der Waals surface area contributed by atoms with Crippen molar-refractivity contribution in [3.05, 3.63) is 53.7 Å². The second kappa shape index (κ2) is 7.33.